The van der Waals surface area contributed by atoms with Crippen LogP contribution < -0.4 is 19.8 Å². The van der Waals surface area contributed by atoms with Gasteiger partial charge in [-0.05, 0) is 50.6 Å². The van der Waals surface area contributed by atoms with Gasteiger partial charge in [-0.3, -0.25) is 14.5 Å². The number of nitrogens with zero attached hydrogens (tertiary/aromatic N) is 2. The summed E-state index contributed by atoms with van der Waals surface area (Å²) in [5.74, 6) is -0.128. The van der Waals surface area contributed by atoms with E-state index in [1.54, 1.807) is 56.3 Å². The first-order valence-electron chi connectivity index (χ1n) is 11.7. The number of esters is 1. The SMILES string of the molecule is CCOC(=O)c1sc(N2C(=O)c3oc4ccccc4c(=O)c3[C@@H]2c2ccc(OCC)c(OC)c2)nc1C. The first kappa shape index (κ1) is 24.5. The zero-order valence-corrected chi connectivity index (χ0v) is 21.5. The van der Waals surface area contributed by atoms with E-state index < -0.39 is 17.9 Å². The minimum absolute atomic E-state index is 0.0629. The van der Waals surface area contributed by atoms with E-state index in [2.05, 4.69) is 4.98 Å². The first-order valence-corrected chi connectivity index (χ1v) is 12.6. The molecule has 5 rings (SSSR count). The van der Waals surface area contributed by atoms with Crippen LogP contribution in [0, 0.1) is 6.92 Å². The zero-order chi connectivity index (χ0) is 26.3. The summed E-state index contributed by atoms with van der Waals surface area (Å²) in [7, 11) is 1.52. The van der Waals surface area contributed by atoms with Crippen molar-refractivity contribution in [1.29, 1.82) is 0 Å². The van der Waals surface area contributed by atoms with Crippen molar-refractivity contribution in [3.8, 4) is 11.5 Å². The van der Waals surface area contributed by atoms with Crippen molar-refractivity contribution < 1.29 is 28.2 Å². The van der Waals surface area contributed by atoms with Gasteiger partial charge in [0.15, 0.2) is 22.1 Å². The van der Waals surface area contributed by atoms with Crippen LogP contribution in [0.1, 0.15) is 56.9 Å². The highest BCUT2D eigenvalue weighted by Crippen LogP contribution is 2.44. The molecule has 1 atom stereocenters. The topological polar surface area (TPSA) is 108 Å². The fraction of sp³-hybridized carbons (Fsp3) is 0.259. The second-order valence-corrected chi connectivity index (χ2v) is 9.20. The van der Waals surface area contributed by atoms with Gasteiger partial charge in [0.2, 0.25) is 5.76 Å². The van der Waals surface area contributed by atoms with Crippen molar-refractivity contribution in [2.75, 3.05) is 25.2 Å². The van der Waals surface area contributed by atoms with Crippen LogP contribution in [-0.4, -0.2) is 37.2 Å². The van der Waals surface area contributed by atoms with Gasteiger partial charge >= 0.3 is 5.97 Å². The van der Waals surface area contributed by atoms with Crippen LogP contribution in [0.5, 0.6) is 11.5 Å². The van der Waals surface area contributed by atoms with Gasteiger partial charge < -0.3 is 18.6 Å². The number of carbonyl (C=O) groups is 2. The molecule has 0 unspecified atom stereocenters. The number of hydrogen-bond donors (Lipinski definition) is 0. The fourth-order valence-electron chi connectivity index (χ4n) is 4.43. The number of hydrogen-bond acceptors (Lipinski definition) is 9. The van der Waals surface area contributed by atoms with E-state index in [4.69, 9.17) is 18.6 Å². The molecule has 10 heteroatoms. The smallest absolute Gasteiger partial charge is 0.350 e. The molecule has 3 heterocycles. The molecule has 0 aliphatic carbocycles. The van der Waals surface area contributed by atoms with E-state index in [1.165, 1.54) is 12.0 Å². The van der Waals surface area contributed by atoms with Gasteiger partial charge in [0.25, 0.3) is 5.91 Å². The lowest BCUT2D eigenvalue weighted by atomic mass is 9.98. The Morgan fingerprint density at radius 3 is 2.62 bits per heavy atom. The number of benzene rings is 2. The molecule has 0 saturated carbocycles. The Bertz CT molecular complexity index is 1590. The summed E-state index contributed by atoms with van der Waals surface area (Å²) in [5, 5.41) is 0.611. The molecule has 1 aliphatic rings. The number of fused-ring (bicyclic) bond motifs is 2. The minimum Gasteiger partial charge on any atom is -0.493 e. The quantitative estimate of drug-likeness (QED) is 0.317. The number of anilines is 1. The fourth-order valence-corrected chi connectivity index (χ4v) is 5.42. The number of aromatic nitrogens is 1. The molecular formula is C27H24N2O7S. The number of ether oxygens (including phenoxy) is 3. The van der Waals surface area contributed by atoms with E-state index in [1.807, 2.05) is 6.92 Å². The van der Waals surface area contributed by atoms with Crippen LogP contribution >= 0.6 is 11.3 Å². The minimum atomic E-state index is -0.867. The van der Waals surface area contributed by atoms with Gasteiger partial charge in [0.1, 0.15) is 10.5 Å². The molecule has 4 aromatic rings. The molecular weight excluding hydrogens is 496 g/mol. The summed E-state index contributed by atoms with van der Waals surface area (Å²) in [5.41, 5.74) is 1.21. The third kappa shape index (κ3) is 4.03. The number of rotatable bonds is 7. The molecule has 0 fully saturated rings. The van der Waals surface area contributed by atoms with Crippen molar-refractivity contribution >= 4 is 39.3 Å². The average molecular weight is 521 g/mol. The Balaban J connectivity index is 1.74. The van der Waals surface area contributed by atoms with Crippen molar-refractivity contribution in [1.82, 2.24) is 4.98 Å². The van der Waals surface area contributed by atoms with Crippen LogP contribution in [-0.2, 0) is 4.74 Å². The van der Waals surface area contributed by atoms with Gasteiger partial charge in [-0.25, -0.2) is 9.78 Å². The van der Waals surface area contributed by atoms with Crippen LogP contribution in [0.3, 0.4) is 0 Å². The number of methoxy groups -OCH3 is 1. The number of amides is 1. The van der Waals surface area contributed by atoms with Gasteiger partial charge in [0, 0.05) is 0 Å². The van der Waals surface area contributed by atoms with Crippen LogP contribution in [0.4, 0.5) is 5.13 Å². The highest BCUT2D eigenvalue weighted by molar-refractivity contribution is 7.17. The molecule has 0 radical (unpaired) electrons. The molecule has 0 saturated heterocycles. The van der Waals surface area contributed by atoms with E-state index >= 15 is 0 Å². The highest BCUT2D eigenvalue weighted by atomic mass is 32.1. The van der Waals surface area contributed by atoms with Crippen LogP contribution in [0.25, 0.3) is 11.0 Å². The van der Waals surface area contributed by atoms with Crippen molar-refractivity contribution in [3.05, 3.63) is 80.1 Å². The lowest BCUT2D eigenvalue weighted by Crippen LogP contribution is -2.29. The molecule has 1 aliphatic heterocycles. The predicted octanol–water partition coefficient (Wildman–Crippen LogP) is 4.89. The van der Waals surface area contributed by atoms with Crippen LogP contribution in [0.15, 0.2) is 51.7 Å². The second-order valence-electron chi connectivity index (χ2n) is 8.22. The molecule has 190 valence electrons. The number of carbonyl (C=O) groups excluding carboxylic acids is 2. The monoisotopic (exact) mass is 520 g/mol. The van der Waals surface area contributed by atoms with Crippen molar-refractivity contribution in [3.63, 3.8) is 0 Å². The molecule has 2 aromatic carbocycles. The number of para-hydroxylation sites is 1. The van der Waals surface area contributed by atoms with E-state index in [-0.39, 0.29) is 33.4 Å². The molecule has 1 amide bonds. The largest absolute Gasteiger partial charge is 0.493 e. The van der Waals surface area contributed by atoms with Crippen LogP contribution in [0.2, 0.25) is 0 Å². The van der Waals surface area contributed by atoms with Gasteiger partial charge in [-0.1, -0.05) is 29.5 Å². The van der Waals surface area contributed by atoms with Gasteiger partial charge in [-0.2, -0.15) is 0 Å². The predicted molar refractivity (Wildman–Crippen MR) is 138 cm³/mol. The Morgan fingerprint density at radius 2 is 1.89 bits per heavy atom. The summed E-state index contributed by atoms with van der Waals surface area (Å²) in [4.78, 5) is 46.2. The number of thiazole rings is 1. The summed E-state index contributed by atoms with van der Waals surface area (Å²) >= 11 is 1.03. The van der Waals surface area contributed by atoms with Gasteiger partial charge in [0.05, 0.1) is 43.0 Å². The summed E-state index contributed by atoms with van der Waals surface area (Å²) < 4.78 is 22.3. The van der Waals surface area contributed by atoms with Crippen molar-refractivity contribution in [2.24, 2.45) is 0 Å². The third-order valence-electron chi connectivity index (χ3n) is 6.03. The Kier molecular flexibility index (Phi) is 6.43. The summed E-state index contributed by atoms with van der Waals surface area (Å²) in [6.07, 6.45) is 0. The summed E-state index contributed by atoms with van der Waals surface area (Å²) in [6.45, 7) is 5.90. The lowest BCUT2D eigenvalue weighted by Gasteiger charge is -2.23. The normalized spacial score (nSPS) is 14.6. The zero-order valence-electron chi connectivity index (χ0n) is 20.7. The summed E-state index contributed by atoms with van der Waals surface area (Å²) in [6, 6.07) is 11.2. The highest BCUT2D eigenvalue weighted by Gasteiger charge is 2.45. The Hall–Kier alpha value is -4.18. The third-order valence-corrected chi connectivity index (χ3v) is 7.17. The Labute approximate surface area is 216 Å². The van der Waals surface area contributed by atoms with E-state index in [9.17, 15) is 14.4 Å². The lowest BCUT2D eigenvalue weighted by molar-refractivity contribution is 0.0531. The standard InChI is InChI=1S/C27H24N2O7S/c1-5-34-18-12-11-15(13-19(18)33-4)21-20-22(30)16-9-7-8-10-17(16)36-23(20)25(31)29(21)27-28-14(3)24(37-27)26(32)35-6-2/h7-13,21H,5-6H2,1-4H3/t21-/m0/s1. The van der Waals surface area contributed by atoms with E-state index in [0.29, 0.717) is 40.3 Å². The average Bonchev–Trinajstić information content (AvgIpc) is 3.42. The molecule has 2 aromatic heterocycles. The van der Waals surface area contributed by atoms with E-state index in [0.717, 1.165) is 11.3 Å². The Morgan fingerprint density at radius 1 is 1.11 bits per heavy atom. The number of aryl methyl sites for hydroxylation is 1. The van der Waals surface area contributed by atoms with Gasteiger partial charge in [-0.15, -0.1) is 0 Å². The van der Waals surface area contributed by atoms with Crippen molar-refractivity contribution in [2.45, 2.75) is 26.8 Å². The second kappa shape index (κ2) is 9.70. The molecule has 9 nitrogen and oxygen atoms in total. The molecule has 0 bridgehead atoms. The molecule has 37 heavy (non-hydrogen) atoms. The maximum atomic E-state index is 13.8. The molecule has 0 N–H and O–H groups in total. The maximum absolute atomic E-state index is 13.8. The maximum Gasteiger partial charge on any atom is 0.350 e. The first-order chi connectivity index (χ1) is 17.9. The molecule has 0 spiro atoms.